The predicted octanol–water partition coefficient (Wildman–Crippen LogP) is 4.43. The third kappa shape index (κ3) is 2.01. The summed E-state index contributed by atoms with van der Waals surface area (Å²) in [5.74, 6) is 1.76. The van der Waals surface area contributed by atoms with E-state index in [4.69, 9.17) is 4.74 Å². The first-order chi connectivity index (χ1) is 7.95. The number of hydrogen-bond acceptors (Lipinski definition) is 1. The SMILES string of the molecule is C1=C2CCCC[C@H]2[C@H]2CCCCCC[C@@H]2O1. The zero-order valence-corrected chi connectivity index (χ0v) is 10.3. The third-order valence-electron chi connectivity index (χ3n) is 4.87. The lowest BCUT2D eigenvalue weighted by atomic mass is 9.70. The van der Waals surface area contributed by atoms with Crippen LogP contribution < -0.4 is 0 Å². The Balaban J connectivity index is 1.77. The molecule has 3 aliphatic rings. The van der Waals surface area contributed by atoms with Crippen molar-refractivity contribution in [1.82, 2.24) is 0 Å². The van der Waals surface area contributed by atoms with Gasteiger partial charge in [0.15, 0.2) is 0 Å². The average Bonchev–Trinajstić information content (AvgIpc) is 2.29. The molecule has 0 amide bonds. The van der Waals surface area contributed by atoms with Crippen LogP contribution in [0.1, 0.15) is 64.2 Å². The van der Waals surface area contributed by atoms with Crippen molar-refractivity contribution in [3.63, 3.8) is 0 Å². The second kappa shape index (κ2) is 4.81. The van der Waals surface area contributed by atoms with Crippen molar-refractivity contribution in [3.05, 3.63) is 11.8 Å². The Kier molecular flexibility index (Phi) is 3.21. The first-order valence-electron chi connectivity index (χ1n) is 7.29. The molecule has 0 unspecified atom stereocenters. The Morgan fingerprint density at radius 3 is 2.62 bits per heavy atom. The molecule has 3 atom stereocenters. The standard InChI is InChI=1S/C15H24O/c1-2-4-10-15-14(9-3-1)13-8-6-5-7-12(13)11-16-15/h11,13-15H,1-10H2/t13-,14-,15+/m1/s1. The van der Waals surface area contributed by atoms with Crippen molar-refractivity contribution in [2.45, 2.75) is 70.3 Å². The lowest BCUT2D eigenvalue weighted by Crippen LogP contribution is -2.36. The molecule has 0 radical (unpaired) electrons. The van der Waals surface area contributed by atoms with Crippen LogP contribution in [-0.4, -0.2) is 6.10 Å². The van der Waals surface area contributed by atoms with Gasteiger partial charge in [-0.3, -0.25) is 0 Å². The zero-order valence-electron chi connectivity index (χ0n) is 10.3. The molecule has 3 rings (SSSR count). The van der Waals surface area contributed by atoms with Gasteiger partial charge >= 0.3 is 0 Å². The van der Waals surface area contributed by atoms with E-state index < -0.39 is 0 Å². The number of ether oxygens (including phenoxy) is 1. The van der Waals surface area contributed by atoms with Crippen molar-refractivity contribution in [2.24, 2.45) is 11.8 Å². The fraction of sp³-hybridized carbons (Fsp3) is 0.867. The van der Waals surface area contributed by atoms with Crippen LogP contribution in [-0.2, 0) is 4.74 Å². The molecule has 1 nitrogen and oxygen atoms in total. The molecule has 2 aliphatic carbocycles. The molecule has 1 aliphatic heterocycles. The predicted molar refractivity (Wildman–Crippen MR) is 66.1 cm³/mol. The van der Waals surface area contributed by atoms with Crippen LogP contribution in [0, 0.1) is 11.8 Å². The zero-order chi connectivity index (χ0) is 10.8. The quantitative estimate of drug-likeness (QED) is 0.587. The molecule has 0 N–H and O–H groups in total. The van der Waals surface area contributed by atoms with Gasteiger partial charge in [0.1, 0.15) is 6.10 Å². The Bertz CT molecular complexity index is 269. The summed E-state index contributed by atoms with van der Waals surface area (Å²) in [4.78, 5) is 0. The minimum Gasteiger partial charge on any atom is -0.498 e. The molecule has 0 aromatic carbocycles. The van der Waals surface area contributed by atoms with Gasteiger partial charge in [0, 0.05) is 5.92 Å². The summed E-state index contributed by atoms with van der Waals surface area (Å²) in [6.45, 7) is 0. The first-order valence-corrected chi connectivity index (χ1v) is 7.29. The maximum atomic E-state index is 6.02. The molecule has 0 aromatic rings. The van der Waals surface area contributed by atoms with E-state index >= 15 is 0 Å². The van der Waals surface area contributed by atoms with Gasteiger partial charge in [0.05, 0.1) is 6.26 Å². The fourth-order valence-electron chi connectivity index (χ4n) is 3.98. The van der Waals surface area contributed by atoms with Crippen molar-refractivity contribution >= 4 is 0 Å². The molecule has 1 heterocycles. The molecular weight excluding hydrogens is 196 g/mol. The molecule has 0 spiro atoms. The molecule has 0 saturated heterocycles. The minimum atomic E-state index is 0.562. The van der Waals surface area contributed by atoms with Crippen LogP contribution in [0.2, 0.25) is 0 Å². The lowest BCUT2D eigenvalue weighted by Gasteiger charge is -2.41. The van der Waals surface area contributed by atoms with E-state index in [1.165, 1.54) is 64.2 Å². The van der Waals surface area contributed by atoms with E-state index in [1.54, 1.807) is 5.57 Å². The van der Waals surface area contributed by atoms with E-state index in [0.717, 1.165) is 11.8 Å². The second-order valence-corrected chi connectivity index (χ2v) is 5.87. The highest BCUT2D eigenvalue weighted by Gasteiger charge is 2.37. The van der Waals surface area contributed by atoms with Gasteiger partial charge in [0.2, 0.25) is 0 Å². The van der Waals surface area contributed by atoms with Crippen molar-refractivity contribution < 1.29 is 4.74 Å². The van der Waals surface area contributed by atoms with E-state index in [0.29, 0.717) is 6.10 Å². The van der Waals surface area contributed by atoms with Crippen LogP contribution in [0.5, 0.6) is 0 Å². The number of allylic oxidation sites excluding steroid dienone is 1. The van der Waals surface area contributed by atoms with Gasteiger partial charge < -0.3 is 4.74 Å². The fourth-order valence-corrected chi connectivity index (χ4v) is 3.98. The summed E-state index contributed by atoms with van der Waals surface area (Å²) >= 11 is 0. The summed E-state index contributed by atoms with van der Waals surface area (Å²) in [6, 6.07) is 0. The highest BCUT2D eigenvalue weighted by Crippen LogP contribution is 2.44. The van der Waals surface area contributed by atoms with Gasteiger partial charge in [-0.1, -0.05) is 25.7 Å². The smallest absolute Gasteiger partial charge is 0.101 e. The van der Waals surface area contributed by atoms with Gasteiger partial charge in [-0.05, 0) is 50.0 Å². The van der Waals surface area contributed by atoms with E-state index in [2.05, 4.69) is 6.26 Å². The number of fused-ring (bicyclic) bond motifs is 3. The van der Waals surface area contributed by atoms with Crippen molar-refractivity contribution in [3.8, 4) is 0 Å². The maximum absolute atomic E-state index is 6.02. The minimum absolute atomic E-state index is 0.562. The van der Waals surface area contributed by atoms with Crippen LogP contribution in [0.3, 0.4) is 0 Å². The molecule has 90 valence electrons. The summed E-state index contributed by atoms with van der Waals surface area (Å²) in [5, 5.41) is 0. The van der Waals surface area contributed by atoms with Crippen LogP contribution in [0.25, 0.3) is 0 Å². The van der Waals surface area contributed by atoms with Gasteiger partial charge in [-0.25, -0.2) is 0 Å². The van der Waals surface area contributed by atoms with Crippen molar-refractivity contribution in [1.29, 1.82) is 0 Å². The Morgan fingerprint density at radius 2 is 1.69 bits per heavy atom. The van der Waals surface area contributed by atoms with E-state index in [-0.39, 0.29) is 0 Å². The summed E-state index contributed by atoms with van der Waals surface area (Å²) in [5.41, 5.74) is 1.65. The maximum Gasteiger partial charge on any atom is 0.101 e. The summed E-state index contributed by atoms with van der Waals surface area (Å²) in [7, 11) is 0. The molecule has 16 heavy (non-hydrogen) atoms. The second-order valence-electron chi connectivity index (χ2n) is 5.87. The van der Waals surface area contributed by atoms with Gasteiger partial charge in [-0.2, -0.15) is 0 Å². The summed E-state index contributed by atoms with van der Waals surface area (Å²) in [6.07, 6.45) is 16.7. The molecule has 2 saturated carbocycles. The molecule has 2 fully saturated rings. The third-order valence-corrected chi connectivity index (χ3v) is 4.87. The summed E-state index contributed by atoms with van der Waals surface area (Å²) < 4.78 is 6.02. The number of rotatable bonds is 0. The van der Waals surface area contributed by atoms with Crippen molar-refractivity contribution in [2.75, 3.05) is 0 Å². The Labute approximate surface area is 99.3 Å². The normalized spacial score (nSPS) is 39.5. The highest BCUT2D eigenvalue weighted by molar-refractivity contribution is 5.12. The number of hydrogen-bond donors (Lipinski definition) is 0. The Hall–Kier alpha value is -0.460. The Morgan fingerprint density at radius 1 is 0.875 bits per heavy atom. The van der Waals surface area contributed by atoms with E-state index in [1.807, 2.05) is 0 Å². The first kappa shape index (κ1) is 10.7. The van der Waals surface area contributed by atoms with E-state index in [9.17, 15) is 0 Å². The molecule has 0 bridgehead atoms. The highest BCUT2D eigenvalue weighted by atomic mass is 16.5. The van der Waals surface area contributed by atoms with Gasteiger partial charge in [-0.15, -0.1) is 0 Å². The average molecular weight is 220 g/mol. The van der Waals surface area contributed by atoms with Crippen LogP contribution in [0.15, 0.2) is 11.8 Å². The molecule has 1 heteroatoms. The monoisotopic (exact) mass is 220 g/mol. The lowest BCUT2D eigenvalue weighted by molar-refractivity contribution is 0.0136. The topological polar surface area (TPSA) is 9.23 Å². The van der Waals surface area contributed by atoms with Gasteiger partial charge in [0.25, 0.3) is 0 Å². The van der Waals surface area contributed by atoms with Crippen LogP contribution in [0.4, 0.5) is 0 Å². The largest absolute Gasteiger partial charge is 0.498 e. The molecule has 0 aromatic heterocycles. The molecular formula is C15H24O. The van der Waals surface area contributed by atoms with Crippen LogP contribution >= 0.6 is 0 Å².